The Hall–Kier alpha value is -3.98. The lowest BCUT2D eigenvalue weighted by molar-refractivity contribution is -0.121. The maximum Gasteiger partial charge on any atom is 0.275 e. The SMILES string of the molecule is O=C(Nc1ccc(F)cc1)[C@@H](c1ccccc1F)N(Cc1cccs1)C(=O)c1cnccn1. The zero-order valence-corrected chi connectivity index (χ0v) is 18.0. The van der Waals surface area contributed by atoms with Crippen LogP contribution in [-0.4, -0.2) is 26.7 Å². The van der Waals surface area contributed by atoms with Crippen LogP contribution in [0.15, 0.2) is 84.6 Å². The quantitative estimate of drug-likeness (QED) is 0.425. The number of hydrogen-bond acceptors (Lipinski definition) is 5. The van der Waals surface area contributed by atoms with Gasteiger partial charge in [-0.2, -0.15) is 0 Å². The van der Waals surface area contributed by atoms with E-state index in [4.69, 9.17) is 0 Å². The lowest BCUT2D eigenvalue weighted by Crippen LogP contribution is -2.41. The van der Waals surface area contributed by atoms with E-state index in [1.54, 1.807) is 6.07 Å². The Bertz CT molecular complexity index is 1240. The number of nitrogens with zero attached hydrogens (tertiary/aromatic N) is 3. The molecule has 6 nitrogen and oxygen atoms in total. The Balaban J connectivity index is 1.78. The molecule has 2 aromatic heterocycles. The number of carbonyl (C=O) groups is 2. The lowest BCUT2D eigenvalue weighted by Gasteiger charge is -2.31. The fraction of sp³-hybridized carbons (Fsp3) is 0.0833. The third kappa shape index (κ3) is 5.27. The van der Waals surface area contributed by atoms with Crippen LogP contribution in [0, 0.1) is 11.6 Å². The van der Waals surface area contributed by atoms with Crippen molar-refractivity contribution in [1.29, 1.82) is 0 Å². The zero-order valence-electron chi connectivity index (χ0n) is 17.2. The summed E-state index contributed by atoms with van der Waals surface area (Å²) in [5, 5.41) is 4.51. The number of nitrogens with one attached hydrogen (secondary N) is 1. The molecule has 0 unspecified atom stereocenters. The second-order valence-electron chi connectivity index (χ2n) is 7.02. The van der Waals surface area contributed by atoms with E-state index in [0.717, 1.165) is 4.88 Å². The molecule has 0 saturated carbocycles. The predicted molar refractivity (Wildman–Crippen MR) is 120 cm³/mol. The van der Waals surface area contributed by atoms with E-state index in [9.17, 15) is 18.4 Å². The maximum atomic E-state index is 14.9. The molecule has 2 heterocycles. The monoisotopic (exact) mass is 464 g/mol. The third-order valence-electron chi connectivity index (χ3n) is 4.82. The van der Waals surface area contributed by atoms with Crippen molar-refractivity contribution < 1.29 is 18.4 Å². The molecule has 0 aliphatic rings. The Labute approximate surface area is 192 Å². The summed E-state index contributed by atoms with van der Waals surface area (Å²) >= 11 is 1.40. The lowest BCUT2D eigenvalue weighted by atomic mass is 10.0. The van der Waals surface area contributed by atoms with Crippen molar-refractivity contribution in [1.82, 2.24) is 14.9 Å². The molecule has 0 saturated heterocycles. The molecule has 166 valence electrons. The van der Waals surface area contributed by atoms with Crippen molar-refractivity contribution in [2.24, 2.45) is 0 Å². The highest BCUT2D eigenvalue weighted by molar-refractivity contribution is 7.09. The van der Waals surface area contributed by atoms with Crippen LogP contribution in [0.25, 0.3) is 0 Å². The average molecular weight is 464 g/mol. The van der Waals surface area contributed by atoms with Gasteiger partial charge in [0.05, 0.1) is 12.7 Å². The molecule has 0 bridgehead atoms. The summed E-state index contributed by atoms with van der Waals surface area (Å²) in [6.45, 7) is 0.0446. The van der Waals surface area contributed by atoms with Gasteiger partial charge in [-0.25, -0.2) is 13.8 Å². The molecular weight excluding hydrogens is 446 g/mol. The van der Waals surface area contributed by atoms with E-state index in [0.29, 0.717) is 5.69 Å². The van der Waals surface area contributed by atoms with Crippen LogP contribution < -0.4 is 5.32 Å². The summed E-state index contributed by atoms with van der Waals surface area (Å²) in [7, 11) is 0. The number of rotatable bonds is 7. The topological polar surface area (TPSA) is 75.2 Å². The van der Waals surface area contributed by atoms with Gasteiger partial charge < -0.3 is 10.2 Å². The smallest absolute Gasteiger partial charge is 0.275 e. The normalized spacial score (nSPS) is 11.6. The van der Waals surface area contributed by atoms with E-state index in [1.165, 1.54) is 77.3 Å². The van der Waals surface area contributed by atoms with Gasteiger partial charge in [0.1, 0.15) is 23.4 Å². The van der Waals surface area contributed by atoms with Gasteiger partial charge in [-0.1, -0.05) is 24.3 Å². The number of benzene rings is 2. The first-order valence-electron chi connectivity index (χ1n) is 9.93. The first-order chi connectivity index (χ1) is 16.0. The Kier molecular flexibility index (Phi) is 6.80. The minimum Gasteiger partial charge on any atom is -0.324 e. The molecule has 33 heavy (non-hydrogen) atoms. The molecule has 2 amide bonds. The van der Waals surface area contributed by atoms with E-state index in [2.05, 4.69) is 15.3 Å². The summed E-state index contributed by atoms with van der Waals surface area (Å²) in [6.07, 6.45) is 4.09. The second-order valence-corrected chi connectivity index (χ2v) is 8.06. The fourth-order valence-corrected chi connectivity index (χ4v) is 4.00. The van der Waals surface area contributed by atoms with Crippen LogP contribution in [-0.2, 0) is 11.3 Å². The van der Waals surface area contributed by atoms with Crippen LogP contribution in [0.3, 0.4) is 0 Å². The standard InChI is InChI=1S/C24H18F2N4O2S/c25-16-7-9-17(10-8-16)29-23(31)22(19-5-1-2-6-20(19)26)30(15-18-4-3-13-33-18)24(32)21-14-27-11-12-28-21/h1-14,22H,15H2,(H,29,31)/t22-/m1/s1. The molecule has 0 aliphatic carbocycles. The molecular formula is C24H18F2N4O2S. The molecule has 9 heteroatoms. The van der Waals surface area contributed by atoms with Crippen molar-refractivity contribution in [3.05, 3.63) is 112 Å². The maximum absolute atomic E-state index is 14.9. The van der Waals surface area contributed by atoms with Crippen LogP contribution in [0.4, 0.5) is 14.5 Å². The minimum atomic E-state index is -1.33. The zero-order chi connectivity index (χ0) is 23.2. The number of amides is 2. The molecule has 0 aliphatic heterocycles. The molecule has 1 N–H and O–H groups in total. The van der Waals surface area contributed by atoms with Gasteiger partial charge in [0.2, 0.25) is 0 Å². The van der Waals surface area contributed by atoms with Gasteiger partial charge in [-0.3, -0.25) is 14.6 Å². The molecule has 0 spiro atoms. The number of anilines is 1. The van der Waals surface area contributed by atoms with E-state index < -0.39 is 29.5 Å². The largest absolute Gasteiger partial charge is 0.324 e. The highest BCUT2D eigenvalue weighted by atomic mass is 32.1. The van der Waals surface area contributed by atoms with Crippen LogP contribution in [0.2, 0.25) is 0 Å². The van der Waals surface area contributed by atoms with Crippen molar-refractivity contribution >= 4 is 28.8 Å². The number of carbonyl (C=O) groups excluding carboxylic acids is 2. The van der Waals surface area contributed by atoms with Gasteiger partial charge in [-0.05, 0) is 41.8 Å². The van der Waals surface area contributed by atoms with Crippen molar-refractivity contribution in [2.45, 2.75) is 12.6 Å². The van der Waals surface area contributed by atoms with Crippen LogP contribution in [0.5, 0.6) is 0 Å². The highest BCUT2D eigenvalue weighted by Crippen LogP contribution is 2.29. The van der Waals surface area contributed by atoms with Crippen molar-refractivity contribution in [3.8, 4) is 0 Å². The molecule has 1 atom stereocenters. The van der Waals surface area contributed by atoms with Crippen molar-refractivity contribution in [3.63, 3.8) is 0 Å². The Morgan fingerprint density at radius 1 is 1.00 bits per heavy atom. The second kappa shape index (κ2) is 10.1. The molecule has 2 aromatic carbocycles. The van der Waals surface area contributed by atoms with Gasteiger partial charge in [0.25, 0.3) is 11.8 Å². The summed E-state index contributed by atoms with van der Waals surface area (Å²) < 4.78 is 28.2. The van der Waals surface area contributed by atoms with Crippen LogP contribution in [0.1, 0.15) is 27.0 Å². The van der Waals surface area contributed by atoms with Crippen molar-refractivity contribution in [2.75, 3.05) is 5.32 Å². The number of halogens is 2. The highest BCUT2D eigenvalue weighted by Gasteiger charge is 2.35. The molecule has 4 rings (SSSR count). The third-order valence-corrected chi connectivity index (χ3v) is 5.68. The number of aromatic nitrogens is 2. The van der Waals surface area contributed by atoms with Gasteiger partial charge >= 0.3 is 0 Å². The molecule has 0 radical (unpaired) electrons. The molecule has 0 fully saturated rings. The number of hydrogen-bond donors (Lipinski definition) is 1. The van der Waals surface area contributed by atoms with E-state index >= 15 is 0 Å². The summed E-state index contributed by atoms with van der Waals surface area (Å²) in [6, 6.07) is 13.3. The first-order valence-corrected chi connectivity index (χ1v) is 10.8. The Morgan fingerprint density at radius 3 is 2.45 bits per heavy atom. The number of thiophene rings is 1. The predicted octanol–water partition coefficient (Wildman–Crippen LogP) is 4.84. The minimum absolute atomic E-state index is 0.0185. The Morgan fingerprint density at radius 2 is 1.79 bits per heavy atom. The summed E-state index contributed by atoms with van der Waals surface area (Å²) in [5.41, 5.74) is 0.349. The fourth-order valence-electron chi connectivity index (χ4n) is 3.30. The van der Waals surface area contributed by atoms with Gasteiger partial charge in [0, 0.05) is 28.5 Å². The van der Waals surface area contributed by atoms with E-state index in [1.807, 2.05) is 17.5 Å². The summed E-state index contributed by atoms with van der Waals surface area (Å²) in [4.78, 5) is 37.0. The first kappa shape index (κ1) is 22.2. The summed E-state index contributed by atoms with van der Waals surface area (Å²) in [5.74, 6) is -2.34. The van der Waals surface area contributed by atoms with Crippen LogP contribution >= 0.6 is 11.3 Å². The molecule has 4 aromatic rings. The van der Waals surface area contributed by atoms with Gasteiger partial charge in [0.15, 0.2) is 0 Å². The average Bonchev–Trinajstić information content (AvgIpc) is 3.35. The van der Waals surface area contributed by atoms with Gasteiger partial charge in [-0.15, -0.1) is 11.3 Å². The van der Waals surface area contributed by atoms with E-state index in [-0.39, 0.29) is 17.8 Å².